The van der Waals surface area contributed by atoms with E-state index >= 15 is 0 Å². The van der Waals surface area contributed by atoms with Crippen LogP contribution in [0.4, 0.5) is 4.79 Å². The highest BCUT2D eigenvalue weighted by Gasteiger charge is 2.25. The van der Waals surface area contributed by atoms with Crippen molar-refractivity contribution in [3.05, 3.63) is 0 Å². The molecule has 20 heavy (non-hydrogen) atoms. The minimum absolute atomic E-state index is 0.0830. The number of hydrogen-bond donors (Lipinski definition) is 2. The number of carbonyl (C=O) groups excluding carboxylic acids is 1. The highest BCUT2D eigenvalue weighted by atomic mass is 16.5. The first kappa shape index (κ1) is 16.8. The number of carboxylic acid groups (broad SMARTS) is 1. The summed E-state index contributed by atoms with van der Waals surface area (Å²) in [6.07, 6.45) is 4.23. The molecular formula is C14H26N2O4. The second-order valence-corrected chi connectivity index (χ2v) is 5.16. The summed E-state index contributed by atoms with van der Waals surface area (Å²) < 4.78 is 5.51. The molecule has 1 rings (SSSR count). The molecule has 0 aromatic heterocycles. The van der Waals surface area contributed by atoms with Gasteiger partial charge in [-0.3, -0.25) is 0 Å². The maximum absolute atomic E-state index is 12.1. The van der Waals surface area contributed by atoms with Gasteiger partial charge in [-0.1, -0.05) is 19.8 Å². The van der Waals surface area contributed by atoms with Crippen molar-refractivity contribution in [1.29, 1.82) is 0 Å². The van der Waals surface area contributed by atoms with E-state index in [4.69, 9.17) is 9.84 Å². The van der Waals surface area contributed by atoms with Crippen LogP contribution in [0.15, 0.2) is 0 Å². The van der Waals surface area contributed by atoms with E-state index in [1.165, 1.54) is 0 Å². The summed E-state index contributed by atoms with van der Waals surface area (Å²) in [5, 5.41) is 11.7. The zero-order chi connectivity index (χ0) is 15.0. The van der Waals surface area contributed by atoms with E-state index in [0.717, 1.165) is 32.3 Å². The second kappa shape index (κ2) is 8.79. The zero-order valence-corrected chi connectivity index (χ0v) is 12.4. The van der Waals surface area contributed by atoms with Crippen LogP contribution in [0.3, 0.4) is 0 Å². The van der Waals surface area contributed by atoms with E-state index in [1.807, 2.05) is 13.8 Å². The minimum Gasteiger partial charge on any atom is -0.480 e. The predicted octanol–water partition coefficient (Wildman–Crippen LogP) is 1.84. The highest BCUT2D eigenvalue weighted by molar-refractivity contribution is 5.82. The van der Waals surface area contributed by atoms with Crippen LogP contribution in [0.2, 0.25) is 0 Å². The van der Waals surface area contributed by atoms with Crippen molar-refractivity contribution in [1.82, 2.24) is 10.2 Å². The summed E-state index contributed by atoms with van der Waals surface area (Å²) in [6, 6.07) is -1.12. The average Bonchev–Trinajstić information content (AvgIpc) is 2.93. The molecule has 0 aliphatic carbocycles. The van der Waals surface area contributed by atoms with Crippen LogP contribution < -0.4 is 5.32 Å². The smallest absolute Gasteiger partial charge is 0.326 e. The van der Waals surface area contributed by atoms with E-state index in [9.17, 15) is 9.59 Å². The molecule has 2 amide bonds. The van der Waals surface area contributed by atoms with Gasteiger partial charge in [-0.05, 0) is 26.2 Å². The summed E-state index contributed by atoms with van der Waals surface area (Å²) >= 11 is 0. The number of amides is 2. The molecule has 1 fully saturated rings. The molecule has 116 valence electrons. The van der Waals surface area contributed by atoms with Crippen LogP contribution in [0.25, 0.3) is 0 Å². The topological polar surface area (TPSA) is 78.9 Å². The lowest BCUT2D eigenvalue weighted by Gasteiger charge is -2.26. The Morgan fingerprint density at radius 2 is 2.20 bits per heavy atom. The molecular weight excluding hydrogens is 260 g/mol. The Morgan fingerprint density at radius 3 is 2.70 bits per heavy atom. The highest BCUT2D eigenvalue weighted by Crippen LogP contribution is 2.13. The Labute approximate surface area is 120 Å². The Kier molecular flexibility index (Phi) is 7.36. The number of rotatable bonds is 8. The fourth-order valence-corrected chi connectivity index (χ4v) is 2.30. The Hall–Kier alpha value is -1.30. The van der Waals surface area contributed by atoms with Crippen LogP contribution >= 0.6 is 0 Å². The molecule has 0 bridgehead atoms. The quantitative estimate of drug-likeness (QED) is 0.713. The van der Waals surface area contributed by atoms with Gasteiger partial charge in [0, 0.05) is 19.7 Å². The molecule has 0 spiro atoms. The average molecular weight is 286 g/mol. The van der Waals surface area contributed by atoms with Crippen molar-refractivity contribution in [2.45, 2.75) is 58.1 Å². The number of carbonyl (C=O) groups is 2. The number of likely N-dealkylation sites (N-methyl/N-ethyl adjacent to an activating group) is 1. The van der Waals surface area contributed by atoms with Crippen molar-refractivity contribution in [3.63, 3.8) is 0 Å². The van der Waals surface area contributed by atoms with Crippen LogP contribution in [0.1, 0.15) is 46.0 Å². The molecule has 1 unspecified atom stereocenters. The van der Waals surface area contributed by atoms with Crippen molar-refractivity contribution in [2.75, 3.05) is 19.7 Å². The molecule has 6 heteroatoms. The van der Waals surface area contributed by atoms with Crippen LogP contribution in [-0.4, -0.2) is 53.8 Å². The van der Waals surface area contributed by atoms with Crippen molar-refractivity contribution < 1.29 is 19.4 Å². The van der Waals surface area contributed by atoms with Gasteiger partial charge in [-0.15, -0.1) is 0 Å². The van der Waals surface area contributed by atoms with Gasteiger partial charge in [-0.25, -0.2) is 9.59 Å². The van der Waals surface area contributed by atoms with Gasteiger partial charge in [0.25, 0.3) is 0 Å². The maximum Gasteiger partial charge on any atom is 0.326 e. The lowest BCUT2D eigenvalue weighted by molar-refractivity contribution is -0.139. The SMILES string of the molecule is CCCC[C@H](NC(=O)N(CC)CC1CCCO1)C(=O)O. The van der Waals surface area contributed by atoms with Gasteiger partial charge in [0.2, 0.25) is 0 Å². The van der Waals surface area contributed by atoms with Gasteiger partial charge in [0.15, 0.2) is 0 Å². The fraction of sp³-hybridized carbons (Fsp3) is 0.857. The monoisotopic (exact) mass is 286 g/mol. The Balaban J connectivity index is 2.48. The summed E-state index contributed by atoms with van der Waals surface area (Å²) in [5.41, 5.74) is 0. The summed E-state index contributed by atoms with van der Waals surface area (Å²) in [7, 11) is 0. The lowest BCUT2D eigenvalue weighted by Crippen LogP contribution is -2.49. The standard InChI is InChI=1S/C14H26N2O4/c1-3-5-8-12(13(17)18)15-14(19)16(4-2)10-11-7-6-9-20-11/h11-12H,3-10H2,1-2H3,(H,15,19)(H,17,18)/t11?,12-/m0/s1. The van der Waals surface area contributed by atoms with Gasteiger partial charge in [-0.2, -0.15) is 0 Å². The number of urea groups is 1. The van der Waals surface area contributed by atoms with Crippen molar-refractivity contribution in [3.8, 4) is 0 Å². The van der Waals surface area contributed by atoms with Crippen LogP contribution in [-0.2, 0) is 9.53 Å². The predicted molar refractivity (Wildman–Crippen MR) is 75.7 cm³/mol. The first-order valence-corrected chi connectivity index (χ1v) is 7.48. The van der Waals surface area contributed by atoms with E-state index < -0.39 is 12.0 Å². The van der Waals surface area contributed by atoms with Crippen LogP contribution in [0.5, 0.6) is 0 Å². The molecule has 1 saturated heterocycles. The molecule has 0 aromatic carbocycles. The second-order valence-electron chi connectivity index (χ2n) is 5.16. The first-order valence-electron chi connectivity index (χ1n) is 7.48. The third kappa shape index (κ3) is 5.36. The summed E-state index contributed by atoms with van der Waals surface area (Å²) in [6.45, 7) is 5.71. The molecule has 0 saturated carbocycles. The molecule has 1 aliphatic rings. The van der Waals surface area contributed by atoms with Crippen molar-refractivity contribution in [2.24, 2.45) is 0 Å². The minimum atomic E-state index is -0.972. The van der Waals surface area contributed by atoms with Gasteiger partial charge in [0.05, 0.1) is 6.10 Å². The summed E-state index contributed by atoms with van der Waals surface area (Å²) in [4.78, 5) is 24.9. The summed E-state index contributed by atoms with van der Waals surface area (Å²) in [5.74, 6) is -0.972. The molecule has 6 nitrogen and oxygen atoms in total. The number of nitrogens with zero attached hydrogens (tertiary/aromatic N) is 1. The third-order valence-corrected chi connectivity index (χ3v) is 3.56. The van der Waals surface area contributed by atoms with E-state index in [0.29, 0.717) is 19.5 Å². The Morgan fingerprint density at radius 1 is 1.45 bits per heavy atom. The van der Waals surface area contributed by atoms with Gasteiger partial charge < -0.3 is 20.1 Å². The van der Waals surface area contributed by atoms with E-state index in [2.05, 4.69) is 5.32 Å². The number of nitrogens with one attached hydrogen (secondary N) is 1. The lowest BCUT2D eigenvalue weighted by atomic mass is 10.1. The molecule has 1 heterocycles. The molecule has 0 radical (unpaired) electrons. The Bertz CT molecular complexity index is 316. The van der Waals surface area contributed by atoms with Crippen molar-refractivity contribution >= 4 is 12.0 Å². The fourth-order valence-electron chi connectivity index (χ4n) is 2.30. The van der Waals surface area contributed by atoms with Gasteiger partial charge in [0.1, 0.15) is 6.04 Å². The number of aliphatic carboxylic acids is 1. The molecule has 1 aliphatic heterocycles. The number of carboxylic acids is 1. The molecule has 2 N–H and O–H groups in total. The third-order valence-electron chi connectivity index (χ3n) is 3.56. The normalized spacial score (nSPS) is 19.6. The molecule has 2 atom stereocenters. The van der Waals surface area contributed by atoms with E-state index in [1.54, 1.807) is 4.90 Å². The number of unbranched alkanes of at least 4 members (excludes halogenated alkanes) is 1. The van der Waals surface area contributed by atoms with Gasteiger partial charge >= 0.3 is 12.0 Å². The maximum atomic E-state index is 12.1. The zero-order valence-electron chi connectivity index (χ0n) is 12.4. The largest absolute Gasteiger partial charge is 0.480 e. The first-order chi connectivity index (χ1) is 9.58. The van der Waals surface area contributed by atoms with E-state index in [-0.39, 0.29) is 12.1 Å². The number of ether oxygens (including phenoxy) is 1. The van der Waals surface area contributed by atoms with Crippen LogP contribution in [0, 0.1) is 0 Å². The molecule has 0 aromatic rings. The number of hydrogen-bond acceptors (Lipinski definition) is 3.